The zero-order valence-corrected chi connectivity index (χ0v) is 16.0. The lowest BCUT2D eigenvalue weighted by molar-refractivity contribution is 0.0922. The summed E-state index contributed by atoms with van der Waals surface area (Å²) in [6.45, 7) is 4.50. The molecule has 5 nitrogen and oxygen atoms in total. The quantitative estimate of drug-likeness (QED) is 0.694. The molecule has 1 N–H and O–H groups in total. The number of fused-ring (bicyclic) bond motifs is 2. The first-order valence-corrected chi connectivity index (χ1v) is 9.77. The van der Waals surface area contributed by atoms with E-state index < -0.39 is 5.63 Å². The molecule has 2 heterocycles. The van der Waals surface area contributed by atoms with Gasteiger partial charge in [-0.3, -0.25) is 9.69 Å². The zero-order valence-electron chi connectivity index (χ0n) is 16.0. The van der Waals surface area contributed by atoms with Gasteiger partial charge in [0.1, 0.15) is 11.1 Å². The van der Waals surface area contributed by atoms with E-state index in [4.69, 9.17) is 4.42 Å². The van der Waals surface area contributed by atoms with Crippen molar-refractivity contribution in [1.82, 2.24) is 10.2 Å². The number of carbonyl (C=O) groups excluding carboxylic acids is 1. The van der Waals surface area contributed by atoms with Gasteiger partial charge in [0.05, 0.1) is 0 Å². The van der Waals surface area contributed by atoms with E-state index in [-0.39, 0.29) is 17.5 Å². The first-order chi connectivity index (χ1) is 13.7. The van der Waals surface area contributed by atoms with Crippen molar-refractivity contribution in [3.63, 3.8) is 0 Å². The van der Waals surface area contributed by atoms with Gasteiger partial charge in [-0.15, -0.1) is 0 Å². The molecule has 2 aromatic carbocycles. The van der Waals surface area contributed by atoms with Gasteiger partial charge < -0.3 is 9.73 Å². The smallest absolute Gasteiger partial charge is 0.349 e. The van der Waals surface area contributed by atoms with Crippen LogP contribution in [0, 0.1) is 0 Å². The normalized spacial score (nSPS) is 15.2. The van der Waals surface area contributed by atoms with E-state index in [1.54, 1.807) is 18.2 Å². The maximum Gasteiger partial charge on any atom is 0.349 e. The Kier molecular flexibility index (Phi) is 5.26. The molecule has 4 rings (SSSR count). The third-order valence-electron chi connectivity index (χ3n) is 5.53. The Morgan fingerprint density at radius 3 is 2.71 bits per heavy atom. The molecule has 0 fully saturated rings. The van der Waals surface area contributed by atoms with Crippen molar-refractivity contribution in [1.29, 1.82) is 0 Å². The fraction of sp³-hybridized carbons (Fsp3) is 0.304. The number of para-hydroxylation sites is 1. The molecule has 0 aliphatic carbocycles. The van der Waals surface area contributed by atoms with Crippen LogP contribution in [0.3, 0.4) is 0 Å². The summed E-state index contributed by atoms with van der Waals surface area (Å²) in [5.41, 5.74) is 2.70. The summed E-state index contributed by atoms with van der Waals surface area (Å²) in [5.74, 6) is -0.379. The van der Waals surface area contributed by atoms with E-state index in [9.17, 15) is 9.59 Å². The molecule has 0 saturated heterocycles. The van der Waals surface area contributed by atoms with Gasteiger partial charge in [-0.2, -0.15) is 0 Å². The summed E-state index contributed by atoms with van der Waals surface area (Å²) in [6.07, 6.45) is 1.95. The van der Waals surface area contributed by atoms with Crippen LogP contribution < -0.4 is 10.9 Å². The van der Waals surface area contributed by atoms with Gasteiger partial charge in [0.2, 0.25) is 0 Å². The number of benzene rings is 2. The maximum absolute atomic E-state index is 12.6. The lowest BCUT2D eigenvalue weighted by Crippen LogP contribution is -2.46. The van der Waals surface area contributed by atoms with Crippen molar-refractivity contribution >= 4 is 16.9 Å². The topological polar surface area (TPSA) is 62.6 Å². The molecule has 28 heavy (non-hydrogen) atoms. The lowest BCUT2D eigenvalue weighted by Gasteiger charge is -2.35. The lowest BCUT2D eigenvalue weighted by atomic mass is 9.98. The number of nitrogens with one attached hydrogen (secondary N) is 1. The number of amides is 1. The van der Waals surface area contributed by atoms with Crippen LogP contribution in [-0.2, 0) is 13.0 Å². The average molecular weight is 376 g/mol. The molecule has 1 atom stereocenters. The number of rotatable bonds is 5. The number of nitrogens with zero attached hydrogens (tertiary/aromatic N) is 1. The van der Waals surface area contributed by atoms with Gasteiger partial charge in [-0.1, -0.05) is 49.4 Å². The van der Waals surface area contributed by atoms with Gasteiger partial charge in [0, 0.05) is 31.1 Å². The molecule has 1 aromatic heterocycles. The van der Waals surface area contributed by atoms with Gasteiger partial charge in [-0.25, -0.2) is 4.79 Å². The molecule has 0 unspecified atom stereocenters. The van der Waals surface area contributed by atoms with E-state index >= 15 is 0 Å². The number of hydrogen-bond acceptors (Lipinski definition) is 4. The van der Waals surface area contributed by atoms with E-state index in [0.717, 1.165) is 31.3 Å². The first-order valence-electron chi connectivity index (χ1n) is 9.77. The highest BCUT2D eigenvalue weighted by atomic mass is 16.4. The standard InChI is InChI=1S/C23H24N2O3/c1-2-19(25-12-11-16-7-3-4-9-18(16)15-25)14-24-22(26)20-13-17-8-5-6-10-21(17)28-23(20)27/h3-10,13,19H,2,11-12,14-15H2,1H3,(H,24,26)/t19-/m0/s1. The molecule has 5 heteroatoms. The minimum absolute atomic E-state index is 0.0533. The van der Waals surface area contributed by atoms with Crippen molar-refractivity contribution in [3.8, 4) is 0 Å². The molecule has 0 radical (unpaired) electrons. The van der Waals surface area contributed by atoms with E-state index in [1.165, 1.54) is 11.1 Å². The Hall–Kier alpha value is -2.92. The fourth-order valence-electron chi connectivity index (χ4n) is 3.89. The second-order valence-corrected chi connectivity index (χ2v) is 7.25. The van der Waals surface area contributed by atoms with Crippen molar-refractivity contribution in [2.45, 2.75) is 32.4 Å². The van der Waals surface area contributed by atoms with Crippen molar-refractivity contribution in [3.05, 3.63) is 81.7 Å². The summed E-state index contributed by atoms with van der Waals surface area (Å²) >= 11 is 0. The van der Waals surface area contributed by atoms with Crippen LogP contribution in [0.2, 0.25) is 0 Å². The van der Waals surface area contributed by atoms with Crippen molar-refractivity contribution < 1.29 is 9.21 Å². The highest BCUT2D eigenvalue weighted by Gasteiger charge is 2.23. The monoisotopic (exact) mass is 376 g/mol. The number of carbonyl (C=O) groups is 1. The highest BCUT2D eigenvalue weighted by Crippen LogP contribution is 2.21. The number of hydrogen-bond donors (Lipinski definition) is 1. The second kappa shape index (κ2) is 7.98. The van der Waals surface area contributed by atoms with Gasteiger partial charge in [0.25, 0.3) is 5.91 Å². The molecule has 1 aliphatic heterocycles. The van der Waals surface area contributed by atoms with Crippen molar-refractivity contribution in [2.75, 3.05) is 13.1 Å². The molecule has 1 amide bonds. The summed E-state index contributed by atoms with van der Waals surface area (Å²) in [7, 11) is 0. The summed E-state index contributed by atoms with van der Waals surface area (Å²) in [6, 6.07) is 17.6. The predicted octanol–water partition coefficient (Wildman–Crippen LogP) is 3.36. The third kappa shape index (κ3) is 3.71. The minimum Gasteiger partial charge on any atom is -0.422 e. The van der Waals surface area contributed by atoms with E-state index in [1.807, 2.05) is 12.1 Å². The largest absolute Gasteiger partial charge is 0.422 e. The molecule has 0 spiro atoms. The predicted molar refractivity (Wildman–Crippen MR) is 109 cm³/mol. The van der Waals surface area contributed by atoms with E-state index in [2.05, 4.69) is 41.4 Å². The SMILES string of the molecule is CC[C@@H](CNC(=O)c1cc2ccccc2oc1=O)N1CCc2ccccc2C1. The molecule has 0 saturated carbocycles. The van der Waals surface area contributed by atoms with Gasteiger partial charge >= 0.3 is 5.63 Å². The summed E-state index contributed by atoms with van der Waals surface area (Å²) < 4.78 is 5.28. The Morgan fingerprint density at radius 1 is 1.14 bits per heavy atom. The molecular weight excluding hydrogens is 352 g/mol. The van der Waals surface area contributed by atoms with Crippen LogP contribution in [0.1, 0.15) is 34.8 Å². The van der Waals surface area contributed by atoms with Crippen LogP contribution in [0.25, 0.3) is 11.0 Å². The minimum atomic E-state index is -0.601. The summed E-state index contributed by atoms with van der Waals surface area (Å²) in [4.78, 5) is 27.2. The van der Waals surface area contributed by atoms with Crippen LogP contribution >= 0.6 is 0 Å². The van der Waals surface area contributed by atoms with Crippen LogP contribution in [0.4, 0.5) is 0 Å². The van der Waals surface area contributed by atoms with Crippen LogP contribution in [0.15, 0.2) is 63.8 Å². The Balaban J connectivity index is 1.45. The Labute approximate surface area is 164 Å². The van der Waals surface area contributed by atoms with Crippen LogP contribution in [-0.4, -0.2) is 29.9 Å². The Bertz CT molecular complexity index is 1060. The molecule has 0 bridgehead atoms. The average Bonchev–Trinajstić information content (AvgIpc) is 2.73. The maximum atomic E-state index is 12.6. The van der Waals surface area contributed by atoms with Gasteiger partial charge in [0.15, 0.2) is 0 Å². The van der Waals surface area contributed by atoms with E-state index in [0.29, 0.717) is 12.1 Å². The second-order valence-electron chi connectivity index (χ2n) is 7.25. The van der Waals surface area contributed by atoms with Crippen molar-refractivity contribution in [2.24, 2.45) is 0 Å². The fourth-order valence-corrected chi connectivity index (χ4v) is 3.89. The molecular formula is C23H24N2O3. The van der Waals surface area contributed by atoms with Crippen LogP contribution in [0.5, 0.6) is 0 Å². The molecule has 1 aliphatic rings. The molecule has 3 aromatic rings. The Morgan fingerprint density at radius 2 is 1.89 bits per heavy atom. The summed E-state index contributed by atoms with van der Waals surface area (Å²) in [5, 5.41) is 3.68. The van der Waals surface area contributed by atoms with Gasteiger partial charge in [-0.05, 0) is 36.1 Å². The molecule has 144 valence electrons. The highest BCUT2D eigenvalue weighted by molar-refractivity contribution is 5.96. The first kappa shape index (κ1) is 18.4. The third-order valence-corrected chi connectivity index (χ3v) is 5.53. The zero-order chi connectivity index (χ0) is 19.5.